The molecule has 0 amide bonds. The van der Waals surface area contributed by atoms with Crippen molar-refractivity contribution in [2.45, 2.75) is 38.3 Å². The van der Waals surface area contributed by atoms with Crippen LogP contribution in [0.1, 0.15) is 31.4 Å². The van der Waals surface area contributed by atoms with E-state index in [1.54, 1.807) is 4.80 Å². The zero-order valence-electron chi connectivity index (χ0n) is 14.0. The minimum atomic E-state index is 0. The van der Waals surface area contributed by atoms with Crippen molar-refractivity contribution in [1.29, 1.82) is 0 Å². The third-order valence-electron chi connectivity index (χ3n) is 4.89. The van der Waals surface area contributed by atoms with E-state index in [1.807, 2.05) is 36.5 Å². The van der Waals surface area contributed by atoms with Crippen LogP contribution in [-0.4, -0.2) is 45.6 Å². The average molecular weight is 348 g/mol. The van der Waals surface area contributed by atoms with Gasteiger partial charge in [0.15, 0.2) is 0 Å². The molecular formula is C18H26ClN5. The second kappa shape index (κ2) is 8.10. The standard InChI is InChI=1S/C18H25N5.ClH/c1-2-4-18(5-3-1)23-20-13-17(21-23)14-22-10-8-16(9-11-22)19-12-15-6-7-15;/h1-5,13,15-16,19H,6-12,14H2;1H. The number of rotatable bonds is 6. The van der Waals surface area contributed by atoms with E-state index < -0.39 is 0 Å². The van der Waals surface area contributed by atoms with Crippen molar-refractivity contribution in [2.24, 2.45) is 5.92 Å². The van der Waals surface area contributed by atoms with Gasteiger partial charge in [-0.2, -0.15) is 15.0 Å². The Morgan fingerprint density at radius 1 is 1.04 bits per heavy atom. The fraction of sp³-hybridized carbons (Fsp3) is 0.556. The first-order chi connectivity index (χ1) is 11.4. The van der Waals surface area contributed by atoms with Crippen molar-refractivity contribution in [3.05, 3.63) is 42.2 Å². The lowest BCUT2D eigenvalue weighted by Gasteiger charge is -2.31. The van der Waals surface area contributed by atoms with Gasteiger partial charge in [-0.05, 0) is 50.3 Å². The zero-order valence-corrected chi connectivity index (χ0v) is 14.8. The second-order valence-electron chi connectivity index (χ2n) is 6.86. The molecule has 0 atom stereocenters. The molecule has 6 heteroatoms. The highest BCUT2D eigenvalue weighted by molar-refractivity contribution is 5.85. The fourth-order valence-electron chi connectivity index (χ4n) is 3.23. The Labute approximate surface area is 149 Å². The maximum atomic E-state index is 4.61. The third kappa shape index (κ3) is 4.56. The van der Waals surface area contributed by atoms with E-state index in [0.717, 1.165) is 36.9 Å². The van der Waals surface area contributed by atoms with Crippen molar-refractivity contribution in [2.75, 3.05) is 19.6 Å². The quantitative estimate of drug-likeness (QED) is 0.872. The maximum absolute atomic E-state index is 4.61. The van der Waals surface area contributed by atoms with Gasteiger partial charge in [-0.1, -0.05) is 18.2 Å². The SMILES string of the molecule is Cl.c1ccc(-n2ncc(CN3CCC(NCC4CC4)CC3)n2)cc1. The molecule has 2 fully saturated rings. The first-order valence-electron chi connectivity index (χ1n) is 8.79. The molecule has 5 nitrogen and oxygen atoms in total. The number of hydrogen-bond acceptors (Lipinski definition) is 4. The van der Waals surface area contributed by atoms with Gasteiger partial charge in [-0.3, -0.25) is 4.90 Å². The number of benzene rings is 1. The van der Waals surface area contributed by atoms with Crippen LogP contribution in [0.25, 0.3) is 5.69 Å². The molecular weight excluding hydrogens is 322 g/mol. The monoisotopic (exact) mass is 347 g/mol. The summed E-state index contributed by atoms with van der Waals surface area (Å²) in [5.41, 5.74) is 2.07. The molecule has 1 saturated carbocycles. The van der Waals surface area contributed by atoms with E-state index >= 15 is 0 Å². The van der Waals surface area contributed by atoms with Gasteiger partial charge in [0.1, 0.15) is 0 Å². The number of hydrogen-bond donors (Lipinski definition) is 1. The summed E-state index contributed by atoms with van der Waals surface area (Å²) < 4.78 is 0. The molecule has 0 unspecified atom stereocenters. The molecule has 1 N–H and O–H groups in total. The lowest BCUT2D eigenvalue weighted by Crippen LogP contribution is -2.42. The maximum Gasteiger partial charge on any atom is 0.0971 e. The van der Waals surface area contributed by atoms with Gasteiger partial charge in [0, 0.05) is 25.7 Å². The Bertz CT molecular complexity index is 617. The first kappa shape index (κ1) is 17.4. The van der Waals surface area contributed by atoms with E-state index in [2.05, 4.69) is 20.4 Å². The number of nitrogens with one attached hydrogen (secondary N) is 1. The summed E-state index contributed by atoms with van der Waals surface area (Å²) in [4.78, 5) is 4.22. The predicted octanol–water partition coefficient (Wildman–Crippen LogP) is 2.65. The third-order valence-corrected chi connectivity index (χ3v) is 4.89. The van der Waals surface area contributed by atoms with Crippen molar-refractivity contribution in [1.82, 2.24) is 25.2 Å². The Hall–Kier alpha value is -1.43. The normalized spacial score (nSPS) is 19.2. The van der Waals surface area contributed by atoms with Gasteiger partial charge in [0.25, 0.3) is 0 Å². The zero-order chi connectivity index (χ0) is 15.5. The highest BCUT2D eigenvalue weighted by Gasteiger charge is 2.24. The summed E-state index contributed by atoms with van der Waals surface area (Å²) in [6, 6.07) is 10.8. The van der Waals surface area contributed by atoms with Gasteiger partial charge in [0.2, 0.25) is 0 Å². The fourth-order valence-corrected chi connectivity index (χ4v) is 3.23. The minimum Gasteiger partial charge on any atom is -0.314 e. The second-order valence-corrected chi connectivity index (χ2v) is 6.86. The number of piperidine rings is 1. The molecule has 1 aliphatic heterocycles. The van der Waals surface area contributed by atoms with E-state index in [1.165, 1.54) is 32.2 Å². The number of aromatic nitrogens is 3. The lowest BCUT2D eigenvalue weighted by atomic mass is 10.0. The van der Waals surface area contributed by atoms with Crippen LogP contribution in [0.15, 0.2) is 36.5 Å². The Balaban J connectivity index is 0.00000169. The summed E-state index contributed by atoms with van der Waals surface area (Å²) in [5.74, 6) is 0.973. The van der Waals surface area contributed by atoms with Crippen molar-refractivity contribution < 1.29 is 0 Å². The smallest absolute Gasteiger partial charge is 0.0971 e. The van der Waals surface area contributed by atoms with Crippen LogP contribution < -0.4 is 5.32 Å². The molecule has 24 heavy (non-hydrogen) atoms. The Kier molecular flexibility index (Phi) is 5.87. The molecule has 4 rings (SSSR count). The Morgan fingerprint density at radius 3 is 2.50 bits per heavy atom. The topological polar surface area (TPSA) is 46.0 Å². The molecule has 0 bridgehead atoms. The first-order valence-corrected chi connectivity index (χ1v) is 8.79. The summed E-state index contributed by atoms with van der Waals surface area (Å²) in [6.07, 6.45) is 7.26. The van der Waals surface area contributed by atoms with Gasteiger partial charge in [-0.15, -0.1) is 12.4 Å². The lowest BCUT2D eigenvalue weighted by molar-refractivity contribution is 0.188. The number of nitrogens with zero attached hydrogens (tertiary/aromatic N) is 4. The van der Waals surface area contributed by atoms with Gasteiger partial charge in [-0.25, -0.2) is 0 Å². The van der Waals surface area contributed by atoms with Crippen LogP contribution in [-0.2, 0) is 6.54 Å². The van der Waals surface area contributed by atoms with Crippen molar-refractivity contribution in [3.8, 4) is 5.69 Å². The number of halogens is 1. The van der Waals surface area contributed by atoms with E-state index in [0.29, 0.717) is 6.04 Å². The van der Waals surface area contributed by atoms with Gasteiger partial charge >= 0.3 is 0 Å². The highest BCUT2D eigenvalue weighted by Crippen LogP contribution is 2.28. The van der Waals surface area contributed by atoms with Crippen LogP contribution in [0.4, 0.5) is 0 Å². The molecule has 0 radical (unpaired) electrons. The average Bonchev–Trinajstić information content (AvgIpc) is 3.32. The van der Waals surface area contributed by atoms with Gasteiger partial charge in [0.05, 0.1) is 17.6 Å². The Morgan fingerprint density at radius 2 is 1.79 bits per heavy atom. The number of likely N-dealkylation sites (tertiary alicyclic amines) is 1. The molecule has 1 aliphatic carbocycles. The summed E-state index contributed by atoms with van der Waals surface area (Å²) >= 11 is 0. The molecule has 2 aromatic rings. The van der Waals surface area contributed by atoms with Crippen LogP contribution in [0, 0.1) is 5.92 Å². The van der Waals surface area contributed by atoms with Crippen LogP contribution in [0.2, 0.25) is 0 Å². The van der Waals surface area contributed by atoms with E-state index in [4.69, 9.17) is 0 Å². The molecule has 130 valence electrons. The molecule has 0 spiro atoms. The summed E-state index contributed by atoms with van der Waals surface area (Å²) in [5, 5.41) is 12.7. The summed E-state index contributed by atoms with van der Waals surface area (Å²) in [7, 11) is 0. The molecule has 2 aliphatic rings. The molecule has 1 saturated heterocycles. The summed E-state index contributed by atoms with van der Waals surface area (Å²) in [6.45, 7) is 4.44. The largest absolute Gasteiger partial charge is 0.314 e. The predicted molar refractivity (Wildman–Crippen MR) is 97.6 cm³/mol. The molecule has 1 aromatic heterocycles. The highest BCUT2D eigenvalue weighted by atomic mass is 35.5. The van der Waals surface area contributed by atoms with Crippen molar-refractivity contribution in [3.63, 3.8) is 0 Å². The van der Waals surface area contributed by atoms with Crippen LogP contribution in [0.5, 0.6) is 0 Å². The number of para-hydroxylation sites is 1. The van der Waals surface area contributed by atoms with Crippen molar-refractivity contribution >= 4 is 12.4 Å². The van der Waals surface area contributed by atoms with E-state index in [-0.39, 0.29) is 12.4 Å². The molecule has 1 aromatic carbocycles. The minimum absolute atomic E-state index is 0. The van der Waals surface area contributed by atoms with Crippen LogP contribution in [0.3, 0.4) is 0 Å². The van der Waals surface area contributed by atoms with Crippen LogP contribution >= 0.6 is 12.4 Å². The molecule has 2 heterocycles. The van der Waals surface area contributed by atoms with E-state index in [9.17, 15) is 0 Å². The van der Waals surface area contributed by atoms with Gasteiger partial charge < -0.3 is 5.32 Å².